The van der Waals surface area contributed by atoms with E-state index in [1.54, 1.807) is 9.80 Å². The minimum atomic E-state index is -2.56. The molecule has 0 aliphatic heterocycles. The smallest absolute Gasteiger partial charge is 0.410 e. The Kier molecular flexibility index (Phi) is 39.3. The number of benzene rings is 4. The highest BCUT2D eigenvalue weighted by Crippen LogP contribution is 2.38. The van der Waals surface area contributed by atoms with Crippen LogP contribution < -0.4 is 31.4 Å². The highest BCUT2D eigenvalue weighted by molar-refractivity contribution is 7.00. The lowest BCUT2D eigenvalue weighted by molar-refractivity contribution is 0.00808. The monoisotopic (exact) mass is 1260 g/mol. The first-order valence-electron chi connectivity index (χ1n) is 31.8. The predicted molar refractivity (Wildman–Crippen MR) is 367 cm³/mol. The van der Waals surface area contributed by atoms with Crippen molar-refractivity contribution in [3.05, 3.63) is 121 Å². The van der Waals surface area contributed by atoms with E-state index in [2.05, 4.69) is 189 Å². The number of carbonyl (C=O) groups is 2. The first-order chi connectivity index (χ1) is 41.3. The molecule has 0 aliphatic rings. The number of hydrogen-bond acceptors (Lipinski definition) is 14. The van der Waals surface area contributed by atoms with Gasteiger partial charge in [0.05, 0.1) is 79.3 Å². The lowest BCUT2D eigenvalue weighted by Gasteiger charge is -2.43. The zero-order valence-corrected chi connectivity index (χ0v) is 60.0. The molecule has 4 rings (SSSR count). The van der Waals surface area contributed by atoms with Crippen molar-refractivity contribution in [2.45, 2.75) is 184 Å². The maximum atomic E-state index is 12.5. The first-order valence-corrected chi connectivity index (χ1v) is 35.6. The largest absolute Gasteiger partial charge is 0.444 e. The summed E-state index contributed by atoms with van der Waals surface area (Å²) in [5.74, 6) is 0. The summed E-state index contributed by atoms with van der Waals surface area (Å²) >= 11 is 0. The average molecular weight is 1270 g/mol. The molecule has 0 saturated heterocycles. The second-order valence-electron chi connectivity index (χ2n) is 26.7. The number of hydrogen-bond donors (Lipinski definition) is 4. The molecule has 18 heteroatoms. The summed E-state index contributed by atoms with van der Waals surface area (Å²) in [7, 11) is -4.99. The van der Waals surface area contributed by atoms with Crippen LogP contribution in [0.25, 0.3) is 0 Å². The van der Waals surface area contributed by atoms with Crippen LogP contribution in [0.5, 0.6) is 0 Å². The van der Waals surface area contributed by atoms with Crippen molar-refractivity contribution in [1.82, 2.24) is 20.4 Å². The lowest BCUT2D eigenvalue weighted by Crippen LogP contribution is -2.66. The van der Waals surface area contributed by atoms with Crippen LogP contribution in [-0.2, 0) is 37.3 Å². The van der Waals surface area contributed by atoms with Crippen molar-refractivity contribution in [2.24, 2.45) is 0 Å². The van der Waals surface area contributed by atoms with Gasteiger partial charge < -0.3 is 67.9 Å². The Hall–Kier alpha value is -4.55. The number of aliphatic hydroxyl groups is 2. The topological polar surface area (TPSA) is 179 Å². The third-order valence-corrected chi connectivity index (χ3v) is 23.5. The lowest BCUT2D eigenvalue weighted by atomic mass is 10.2. The molecule has 2 amide bonds. The van der Waals surface area contributed by atoms with E-state index in [0.717, 1.165) is 13.1 Å². The Labute approximate surface area is 535 Å². The van der Waals surface area contributed by atoms with Gasteiger partial charge in [-0.15, -0.1) is 0 Å². The molecule has 0 atom stereocenters. The summed E-state index contributed by atoms with van der Waals surface area (Å²) in [6, 6.07) is 43.8. The summed E-state index contributed by atoms with van der Waals surface area (Å²) in [6.45, 7) is 49.0. The summed E-state index contributed by atoms with van der Waals surface area (Å²) in [6.07, 6.45) is -0.644. The molecule has 0 radical (unpaired) electrons. The van der Waals surface area contributed by atoms with E-state index in [4.69, 9.17) is 47.5 Å². The van der Waals surface area contributed by atoms with Crippen molar-refractivity contribution < 1.29 is 57.1 Å². The van der Waals surface area contributed by atoms with E-state index >= 15 is 0 Å². The highest BCUT2D eigenvalue weighted by Gasteiger charge is 2.51. The molecule has 88 heavy (non-hydrogen) atoms. The van der Waals surface area contributed by atoms with Gasteiger partial charge in [-0.05, 0) is 100 Å². The molecule has 0 spiro atoms. The average Bonchev–Trinajstić information content (AvgIpc) is 1.26. The van der Waals surface area contributed by atoms with Crippen LogP contribution in [0.15, 0.2) is 121 Å². The van der Waals surface area contributed by atoms with Crippen molar-refractivity contribution in [3.63, 3.8) is 0 Å². The maximum absolute atomic E-state index is 12.5. The number of ether oxygens (including phenoxy) is 6. The van der Waals surface area contributed by atoms with Gasteiger partial charge in [-0.25, -0.2) is 9.59 Å². The minimum Gasteiger partial charge on any atom is -0.444 e. The third-order valence-electron chi connectivity index (χ3n) is 13.5. The van der Waals surface area contributed by atoms with Crippen LogP contribution in [0.2, 0.25) is 10.1 Å². The van der Waals surface area contributed by atoms with Gasteiger partial charge >= 0.3 is 12.2 Å². The van der Waals surface area contributed by atoms with Gasteiger partial charge in [-0.1, -0.05) is 191 Å². The van der Waals surface area contributed by atoms with Crippen molar-refractivity contribution >= 4 is 49.6 Å². The molecule has 500 valence electrons. The molecule has 0 unspecified atom stereocenters. The Morgan fingerprint density at radius 3 is 0.898 bits per heavy atom. The van der Waals surface area contributed by atoms with E-state index in [9.17, 15) is 9.59 Å². The first kappa shape index (κ1) is 81.5. The standard InChI is InChI=1S/C28H43NO4Si.C23H35NO2Si.C12H25NO4.C7H17NO2/c1-23(2)29(26(30)33-27(3,4)5)19-20-31-21-22-32-34(28(6,7)8,24-15-11-9-12-16-24)25-17-13-10-14-18-25;1-20(2)24-16-17-25-18-19-26-27(23(3,4)5,21-12-8-6-9-13-21)22-14-10-7-11-15-22;1-10(2)13(6-8-16-9-7-14)11(15)17-12(3,4)5;1-7(2)8-3-5-10-6-4-9/h9-18,23H,19-22H2,1-8H3;6-15,20,24H,16-19H2,1-5H3;10,14H,6-9H2,1-5H3;7-9H,3-6H2,1-2H3. The maximum Gasteiger partial charge on any atom is 0.410 e. The number of nitrogens with one attached hydrogen (secondary N) is 2. The van der Waals surface area contributed by atoms with Crippen LogP contribution in [0.4, 0.5) is 9.59 Å². The minimum absolute atomic E-state index is 0.00584. The summed E-state index contributed by atoms with van der Waals surface area (Å²) < 4.78 is 46.3. The van der Waals surface area contributed by atoms with Gasteiger partial charge in [0.2, 0.25) is 0 Å². The summed E-state index contributed by atoms with van der Waals surface area (Å²) in [5.41, 5.74) is -1.01. The summed E-state index contributed by atoms with van der Waals surface area (Å²) in [5, 5.41) is 28.5. The van der Waals surface area contributed by atoms with Gasteiger partial charge in [0, 0.05) is 50.3 Å². The van der Waals surface area contributed by atoms with Crippen molar-refractivity contribution in [3.8, 4) is 0 Å². The highest BCUT2D eigenvalue weighted by atomic mass is 28.4. The molecular weight excluding hydrogens is 1140 g/mol. The van der Waals surface area contributed by atoms with Crippen LogP contribution >= 0.6 is 0 Å². The van der Waals surface area contributed by atoms with E-state index in [1.165, 1.54) is 20.7 Å². The summed E-state index contributed by atoms with van der Waals surface area (Å²) in [4.78, 5) is 27.7. The molecule has 0 aliphatic carbocycles. The Morgan fingerprint density at radius 1 is 0.398 bits per heavy atom. The Morgan fingerprint density at radius 2 is 0.659 bits per heavy atom. The van der Waals surface area contributed by atoms with E-state index in [0.29, 0.717) is 91.2 Å². The fourth-order valence-electron chi connectivity index (χ4n) is 9.49. The Balaban J connectivity index is 0.000000637. The van der Waals surface area contributed by atoms with Gasteiger partial charge in [-0.3, -0.25) is 0 Å². The van der Waals surface area contributed by atoms with Gasteiger partial charge in [0.15, 0.2) is 0 Å². The van der Waals surface area contributed by atoms with E-state index in [1.807, 2.05) is 81.4 Å². The second-order valence-corrected chi connectivity index (χ2v) is 35.3. The van der Waals surface area contributed by atoms with Crippen molar-refractivity contribution in [1.29, 1.82) is 0 Å². The zero-order chi connectivity index (χ0) is 66.5. The zero-order valence-electron chi connectivity index (χ0n) is 58.0. The Bertz CT molecular complexity index is 2300. The molecule has 4 aromatic carbocycles. The number of rotatable bonds is 32. The fourth-order valence-corrected chi connectivity index (χ4v) is 18.6. The van der Waals surface area contributed by atoms with Gasteiger partial charge in [0.1, 0.15) is 11.2 Å². The number of nitrogens with zero attached hydrogens (tertiary/aromatic N) is 2. The van der Waals surface area contributed by atoms with Crippen LogP contribution in [0, 0.1) is 0 Å². The molecule has 0 bridgehead atoms. The predicted octanol–water partition coefficient (Wildman–Crippen LogP) is 10.4. The SMILES string of the molecule is CC(C)N(CCOCCO)C(=O)OC(C)(C)C.CC(C)N(CCOCCO[Si](c1ccccc1)(c1ccccc1)C(C)(C)C)C(=O)OC(C)(C)C.CC(C)NCCOCCO.CC(C)NCCOCCO[Si](c1ccccc1)(c1ccccc1)C(C)(C)C. The number of amides is 2. The van der Waals surface area contributed by atoms with Crippen LogP contribution in [0.3, 0.4) is 0 Å². The second kappa shape index (κ2) is 42.5. The molecule has 0 fully saturated rings. The van der Waals surface area contributed by atoms with E-state index < -0.39 is 27.8 Å². The number of aliphatic hydroxyl groups excluding tert-OH is 2. The molecule has 0 aromatic heterocycles. The molecule has 0 heterocycles. The van der Waals surface area contributed by atoms with Gasteiger partial charge in [0.25, 0.3) is 16.6 Å². The molecule has 16 nitrogen and oxygen atoms in total. The molecule has 4 aromatic rings. The quantitative estimate of drug-likeness (QED) is 0.0268. The van der Waals surface area contributed by atoms with E-state index in [-0.39, 0.29) is 47.6 Å². The molecular formula is C70H120N4O12Si2. The van der Waals surface area contributed by atoms with Crippen LogP contribution in [-0.4, -0.2) is 190 Å². The third kappa shape index (κ3) is 31.5. The molecule has 0 saturated carbocycles. The normalized spacial score (nSPS) is 12.2. The fraction of sp³-hybridized carbons (Fsp3) is 0.629. The number of carbonyl (C=O) groups excluding carboxylic acids is 2. The van der Waals surface area contributed by atoms with Crippen LogP contribution in [0.1, 0.15) is 138 Å². The van der Waals surface area contributed by atoms with Gasteiger partial charge in [-0.2, -0.15) is 0 Å². The van der Waals surface area contributed by atoms with Crippen molar-refractivity contribution in [2.75, 3.05) is 105 Å². The molecule has 4 N–H and O–H groups in total.